The molecule has 1 aliphatic heterocycles. The topological polar surface area (TPSA) is 50.7 Å². The number of nitrogens with one attached hydrogen (secondary N) is 1. The van der Waals surface area contributed by atoms with Gasteiger partial charge in [-0.2, -0.15) is 0 Å². The maximum atomic E-state index is 13.6. The van der Waals surface area contributed by atoms with Crippen LogP contribution in [0.15, 0.2) is 18.2 Å². The number of aliphatic hydroxyl groups is 1. The van der Waals surface area contributed by atoms with Crippen LogP contribution in [-0.2, 0) is 11.3 Å². The van der Waals surface area contributed by atoms with E-state index in [9.17, 15) is 9.50 Å². The average molecular weight is 255 g/mol. The summed E-state index contributed by atoms with van der Waals surface area (Å²) in [5.74, 6) is 0.190. The molecule has 0 aromatic heterocycles. The molecule has 1 aromatic rings. The molecule has 0 bridgehead atoms. The van der Waals surface area contributed by atoms with Gasteiger partial charge in [0.1, 0.15) is 17.2 Å². The molecule has 1 aliphatic rings. The lowest BCUT2D eigenvalue weighted by atomic mass is 10.0. The van der Waals surface area contributed by atoms with Crippen LogP contribution in [0.4, 0.5) is 4.39 Å². The van der Waals surface area contributed by atoms with Crippen molar-refractivity contribution >= 4 is 0 Å². The molecule has 1 saturated heterocycles. The van der Waals surface area contributed by atoms with E-state index in [-0.39, 0.29) is 5.82 Å². The molecular weight excluding hydrogens is 237 g/mol. The molecule has 5 heteroatoms. The highest BCUT2D eigenvalue weighted by Crippen LogP contribution is 2.18. The molecule has 0 amide bonds. The Bertz CT molecular complexity index is 405. The predicted octanol–water partition coefficient (Wildman–Crippen LogP) is 1.08. The van der Waals surface area contributed by atoms with E-state index in [2.05, 4.69) is 5.32 Å². The van der Waals surface area contributed by atoms with Crippen molar-refractivity contribution in [1.29, 1.82) is 0 Å². The molecule has 0 saturated carbocycles. The van der Waals surface area contributed by atoms with E-state index in [0.717, 1.165) is 0 Å². The highest BCUT2D eigenvalue weighted by Gasteiger charge is 2.31. The number of hydrogen-bond acceptors (Lipinski definition) is 4. The third kappa shape index (κ3) is 3.19. The smallest absolute Gasteiger partial charge is 0.131 e. The zero-order valence-electron chi connectivity index (χ0n) is 10.4. The van der Waals surface area contributed by atoms with E-state index in [0.29, 0.717) is 44.0 Å². The quantitative estimate of drug-likeness (QED) is 0.826. The van der Waals surface area contributed by atoms with Crippen LogP contribution in [0.1, 0.15) is 12.0 Å². The standard InChI is InChI=1S/C13H18FNO3/c1-17-11-3-2-10(12(14)6-11)7-15-8-13(16)4-5-18-9-13/h2-3,6,15-16H,4-5,7-9H2,1H3. The molecule has 2 N–H and O–H groups in total. The second-order valence-corrected chi connectivity index (χ2v) is 4.59. The first-order valence-corrected chi connectivity index (χ1v) is 5.96. The van der Waals surface area contributed by atoms with Crippen LogP contribution in [0, 0.1) is 5.82 Å². The zero-order valence-corrected chi connectivity index (χ0v) is 10.4. The largest absolute Gasteiger partial charge is 0.497 e. The van der Waals surface area contributed by atoms with Crippen LogP contribution in [0.25, 0.3) is 0 Å². The summed E-state index contributed by atoms with van der Waals surface area (Å²) in [5.41, 5.74) is -0.263. The SMILES string of the molecule is COc1ccc(CNCC2(O)CCOC2)c(F)c1. The summed E-state index contributed by atoms with van der Waals surface area (Å²) in [6, 6.07) is 4.74. The minimum absolute atomic E-state index is 0.309. The molecular formula is C13H18FNO3. The Labute approximate surface area is 106 Å². The number of rotatable bonds is 5. The number of halogens is 1. The number of hydrogen-bond donors (Lipinski definition) is 2. The normalized spacial score (nSPS) is 23.3. The van der Waals surface area contributed by atoms with Crippen LogP contribution >= 0.6 is 0 Å². The van der Waals surface area contributed by atoms with Crippen molar-refractivity contribution in [1.82, 2.24) is 5.32 Å². The highest BCUT2D eigenvalue weighted by molar-refractivity contribution is 5.28. The zero-order chi connectivity index (χ0) is 13.0. The highest BCUT2D eigenvalue weighted by atomic mass is 19.1. The van der Waals surface area contributed by atoms with Gasteiger partial charge in [0.2, 0.25) is 0 Å². The fourth-order valence-electron chi connectivity index (χ4n) is 1.96. The first-order valence-electron chi connectivity index (χ1n) is 5.96. The summed E-state index contributed by atoms with van der Waals surface area (Å²) in [6.45, 7) is 1.69. The maximum Gasteiger partial charge on any atom is 0.131 e. The van der Waals surface area contributed by atoms with Crippen LogP contribution in [0.3, 0.4) is 0 Å². The summed E-state index contributed by atoms with van der Waals surface area (Å²) in [4.78, 5) is 0. The number of methoxy groups -OCH3 is 1. The molecule has 1 atom stereocenters. The van der Waals surface area contributed by atoms with Crippen molar-refractivity contribution in [2.45, 2.75) is 18.6 Å². The van der Waals surface area contributed by atoms with Crippen molar-refractivity contribution in [3.05, 3.63) is 29.6 Å². The molecule has 2 rings (SSSR count). The van der Waals surface area contributed by atoms with Crippen molar-refractivity contribution in [3.63, 3.8) is 0 Å². The molecule has 4 nitrogen and oxygen atoms in total. The van der Waals surface area contributed by atoms with Crippen LogP contribution < -0.4 is 10.1 Å². The van der Waals surface area contributed by atoms with Crippen molar-refractivity contribution in [2.75, 3.05) is 26.9 Å². The Balaban J connectivity index is 1.86. The van der Waals surface area contributed by atoms with Crippen molar-refractivity contribution in [3.8, 4) is 5.75 Å². The number of benzene rings is 1. The molecule has 18 heavy (non-hydrogen) atoms. The van der Waals surface area contributed by atoms with Gasteiger partial charge in [-0.25, -0.2) is 4.39 Å². The predicted molar refractivity (Wildman–Crippen MR) is 65.0 cm³/mol. The van der Waals surface area contributed by atoms with E-state index >= 15 is 0 Å². The second-order valence-electron chi connectivity index (χ2n) is 4.59. The minimum Gasteiger partial charge on any atom is -0.497 e. The third-order valence-corrected chi connectivity index (χ3v) is 3.11. The van der Waals surface area contributed by atoms with Crippen LogP contribution in [0.2, 0.25) is 0 Å². The van der Waals surface area contributed by atoms with Gasteiger partial charge in [0.25, 0.3) is 0 Å². The molecule has 0 spiro atoms. The van der Waals surface area contributed by atoms with Gasteiger partial charge in [-0.05, 0) is 6.07 Å². The Hall–Kier alpha value is -1.17. The van der Waals surface area contributed by atoms with Gasteiger partial charge in [-0.3, -0.25) is 0 Å². The van der Waals surface area contributed by atoms with Crippen LogP contribution in [-0.4, -0.2) is 37.6 Å². The van der Waals surface area contributed by atoms with Gasteiger partial charge in [0, 0.05) is 37.7 Å². The van der Waals surface area contributed by atoms with E-state index < -0.39 is 5.60 Å². The fraction of sp³-hybridized carbons (Fsp3) is 0.538. The van der Waals surface area contributed by atoms with Crippen molar-refractivity contribution in [2.24, 2.45) is 0 Å². The Morgan fingerprint density at radius 2 is 2.39 bits per heavy atom. The van der Waals surface area contributed by atoms with Gasteiger partial charge in [0.15, 0.2) is 0 Å². The average Bonchev–Trinajstić information content (AvgIpc) is 2.78. The Morgan fingerprint density at radius 1 is 1.56 bits per heavy atom. The van der Waals surface area contributed by atoms with Crippen LogP contribution in [0.5, 0.6) is 5.75 Å². The van der Waals surface area contributed by atoms with Gasteiger partial charge in [-0.15, -0.1) is 0 Å². The monoisotopic (exact) mass is 255 g/mol. The fourth-order valence-corrected chi connectivity index (χ4v) is 1.96. The third-order valence-electron chi connectivity index (χ3n) is 3.11. The first-order chi connectivity index (χ1) is 8.63. The molecule has 0 radical (unpaired) electrons. The summed E-state index contributed by atoms with van der Waals surface area (Å²) in [6.07, 6.45) is 0.616. The van der Waals surface area contributed by atoms with E-state index in [1.165, 1.54) is 13.2 Å². The summed E-state index contributed by atoms with van der Waals surface area (Å²) in [7, 11) is 1.50. The van der Waals surface area contributed by atoms with E-state index in [1.807, 2.05) is 0 Å². The second kappa shape index (κ2) is 5.65. The summed E-state index contributed by atoms with van der Waals surface area (Å²) < 4.78 is 23.7. The van der Waals surface area contributed by atoms with Gasteiger partial charge < -0.3 is 19.9 Å². The van der Waals surface area contributed by atoms with Gasteiger partial charge >= 0.3 is 0 Å². The summed E-state index contributed by atoms with van der Waals surface area (Å²) >= 11 is 0. The molecule has 1 aromatic carbocycles. The number of ether oxygens (including phenoxy) is 2. The Kier molecular flexibility index (Phi) is 4.16. The lowest BCUT2D eigenvalue weighted by Crippen LogP contribution is -2.40. The lowest BCUT2D eigenvalue weighted by molar-refractivity contribution is 0.0268. The van der Waals surface area contributed by atoms with Gasteiger partial charge in [-0.1, -0.05) is 6.07 Å². The molecule has 1 fully saturated rings. The molecule has 1 unspecified atom stereocenters. The lowest BCUT2D eigenvalue weighted by Gasteiger charge is -2.20. The minimum atomic E-state index is -0.817. The molecule has 1 heterocycles. The molecule has 100 valence electrons. The first kappa shape index (κ1) is 13.3. The summed E-state index contributed by atoms with van der Waals surface area (Å²) in [5, 5.41) is 13.1. The Morgan fingerprint density at radius 3 is 3.00 bits per heavy atom. The maximum absolute atomic E-state index is 13.6. The van der Waals surface area contributed by atoms with E-state index in [4.69, 9.17) is 9.47 Å². The van der Waals surface area contributed by atoms with Gasteiger partial charge in [0.05, 0.1) is 13.7 Å². The molecule has 0 aliphatic carbocycles. The van der Waals surface area contributed by atoms with E-state index in [1.54, 1.807) is 12.1 Å². The van der Waals surface area contributed by atoms with Crippen molar-refractivity contribution < 1.29 is 19.0 Å².